The van der Waals surface area contributed by atoms with Crippen molar-refractivity contribution in [2.24, 2.45) is 0 Å². The molecule has 3 rings (SSSR count). The molecule has 1 heterocycles. The second-order valence-corrected chi connectivity index (χ2v) is 8.26. The number of nitrogens with zero attached hydrogens (tertiary/aromatic N) is 1. The van der Waals surface area contributed by atoms with Crippen LogP contribution in [-0.2, 0) is 11.3 Å². The number of halogens is 1. The molecule has 5 nitrogen and oxygen atoms in total. The molecule has 1 aliphatic heterocycles. The van der Waals surface area contributed by atoms with Crippen LogP contribution in [0.5, 0.6) is 5.75 Å². The lowest BCUT2D eigenvalue weighted by Crippen LogP contribution is -2.38. The van der Waals surface area contributed by atoms with Crippen molar-refractivity contribution in [3.8, 4) is 5.75 Å². The van der Waals surface area contributed by atoms with Gasteiger partial charge in [-0.15, -0.1) is 0 Å². The molecule has 0 spiro atoms. The lowest BCUT2D eigenvalue weighted by molar-refractivity contribution is 0.0392. The topological polar surface area (TPSA) is 50.8 Å². The fraction of sp³-hybridized carbons (Fsp3) is 0.409. The van der Waals surface area contributed by atoms with Crippen molar-refractivity contribution in [2.45, 2.75) is 25.4 Å². The summed E-state index contributed by atoms with van der Waals surface area (Å²) < 4.78 is 12.5. The predicted molar refractivity (Wildman–Crippen MR) is 119 cm³/mol. The fourth-order valence-corrected chi connectivity index (χ4v) is 3.61. The zero-order valence-corrected chi connectivity index (χ0v) is 18.4. The van der Waals surface area contributed by atoms with Crippen LogP contribution in [0.1, 0.15) is 28.8 Å². The fourth-order valence-electron chi connectivity index (χ4n) is 3.25. The first-order valence-electron chi connectivity index (χ1n) is 9.65. The van der Waals surface area contributed by atoms with Gasteiger partial charge in [-0.2, -0.15) is 0 Å². The third kappa shape index (κ3) is 6.46. The zero-order chi connectivity index (χ0) is 19.8. The first kappa shape index (κ1) is 21.1. The summed E-state index contributed by atoms with van der Waals surface area (Å²) in [6.45, 7) is 3.71. The van der Waals surface area contributed by atoms with Crippen molar-refractivity contribution in [2.75, 3.05) is 33.4 Å². The van der Waals surface area contributed by atoms with E-state index in [1.165, 1.54) is 0 Å². The van der Waals surface area contributed by atoms with E-state index in [1.54, 1.807) is 0 Å². The monoisotopic (exact) mass is 494 g/mol. The highest BCUT2D eigenvalue weighted by Gasteiger charge is 2.18. The molecule has 0 bridgehead atoms. The molecular weight excluding hydrogens is 467 g/mol. The van der Waals surface area contributed by atoms with Gasteiger partial charge in [-0.1, -0.05) is 12.1 Å². The van der Waals surface area contributed by atoms with Crippen molar-refractivity contribution >= 4 is 28.5 Å². The molecule has 2 aromatic carbocycles. The van der Waals surface area contributed by atoms with Crippen molar-refractivity contribution in [1.82, 2.24) is 10.2 Å². The number of hydrogen-bond donors (Lipinski definition) is 1. The van der Waals surface area contributed by atoms with Gasteiger partial charge in [0.1, 0.15) is 12.4 Å². The first-order chi connectivity index (χ1) is 13.6. The Morgan fingerprint density at radius 1 is 1.21 bits per heavy atom. The highest BCUT2D eigenvalue weighted by molar-refractivity contribution is 14.1. The van der Waals surface area contributed by atoms with E-state index < -0.39 is 0 Å². The Labute approximate surface area is 180 Å². The number of hydrogen-bond acceptors (Lipinski definition) is 4. The quantitative estimate of drug-likeness (QED) is 0.569. The van der Waals surface area contributed by atoms with Crippen LogP contribution in [0.2, 0.25) is 0 Å². The van der Waals surface area contributed by atoms with Crippen LogP contribution in [0.25, 0.3) is 0 Å². The molecule has 1 amide bonds. The smallest absolute Gasteiger partial charge is 0.251 e. The van der Waals surface area contributed by atoms with Crippen LogP contribution in [0.3, 0.4) is 0 Å². The summed E-state index contributed by atoms with van der Waals surface area (Å²) in [6, 6.07) is 16.0. The number of nitrogens with one attached hydrogen (secondary N) is 1. The van der Waals surface area contributed by atoms with Gasteiger partial charge in [-0.25, -0.2) is 0 Å². The second-order valence-electron chi connectivity index (χ2n) is 7.01. The van der Waals surface area contributed by atoms with Gasteiger partial charge in [0.15, 0.2) is 0 Å². The second kappa shape index (κ2) is 10.8. The van der Waals surface area contributed by atoms with Crippen molar-refractivity contribution in [3.05, 3.63) is 63.2 Å². The third-order valence-electron chi connectivity index (χ3n) is 4.98. The Kier molecular flexibility index (Phi) is 8.12. The average molecular weight is 494 g/mol. The Balaban J connectivity index is 1.44. The highest BCUT2D eigenvalue weighted by atomic mass is 127. The van der Waals surface area contributed by atoms with Gasteiger partial charge in [0, 0.05) is 41.5 Å². The van der Waals surface area contributed by atoms with Crippen LogP contribution < -0.4 is 10.1 Å². The van der Waals surface area contributed by atoms with Crippen LogP contribution in [0.15, 0.2) is 48.5 Å². The molecule has 6 heteroatoms. The minimum Gasteiger partial charge on any atom is -0.492 e. The Bertz CT molecular complexity index is 761. The van der Waals surface area contributed by atoms with Crippen LogP contribution >= 0.6 is 22.6 Å². The number of ether oxygens (including phenoxy) is 2. The summed E-state index contributed by atoms with van der Waals surface area (Å²) in [6.07, 6.45) is 2.18. The van der Waals surface area contributed by atoms with E-state index in [0.29, 0.717) is 24.8 Å². The van der Waals surface area contributed by atoms with Crippen LogP contribution in [0.4, 0.5) is 0 Å². The van der Waals surface area contributed by atoms with Crippen LogP contribution in [-0.4, -0.2) is 50.3 Å². The maximum Gasteiger partial charge on any atom is 0.251 e. The molecule has 1 saturated heterocycles. The summed E-state index contributed by atoms with van der Waals surface area (Å²) in [5.74, 6) is 0.766. The molecule has 0 aliphatic carbocycles. The molecule has 1 fully saturated rings. The molecule has 0 unspecified atom stereocenters. The van der Waals surface area contributed by atoms with Gasteiger partial charge in [-0.05, 0) is 84.4 Å². The average Bonchev–Trinajstić information content (AvgIpc) is 2.73. The maximum absolute atomic E-state index is 12.3. The lowest BCUT2D eigenvalue weighted by Gasteiger charge is -2.31. The summed E-state index contributed by atoms with van der Waals surface area (Å²) in [5.41, 5.74) is 1.69. The van der Waals surface area contributed by atoms with E-state index >= 15 is 0 Å². The summed E-state index contributed by atoms with van der Waals surface area (Å²) in [7, 11) is 2.15. The molecule has 28 heavy (non-hydrogen) atoms. The molecule has 0 saturated carbocycles. The Morgan fingerprint density at radius 3 is 2.71 bits per heavy atom. The minimum atomic E-state index is -0.0687. The van der Waals surface area contributed by atoms with Gasteiger partial charge in [0.25, 0.3) is 5.91 Å². The molecule has 0 radical (unpaired) electrons. The molecular formula is C22H27IN2O3. The molecule has 2 aromatic rings. The largest absolute Gasteiger partial charge is 0.492 e. The van der Waals surface area contributed by atoms with E-state index in [1.807, 2.05) is 48.5 Å². The van der Waals surface area contributed by atoms with E-state index in [0.717, 1.165) is 47.5 Å². The number of carbonyl (C=O) groups excluding carboxylic acids is 1. The van der Waals surface area contributed by atoms with Crippen molar-refractivity contribution in [3.63, 3.8) is 0 Å². The molecule has 1 aliphatic rings. The molecule has 0 aromatic heterocycles. The van der Waals surface area contributed by atoms with E-state index in [9.17, 15) is 4.79 Å². The summed E-state index contributed by atoms with van der Waals surface area (Å²) in [5, 5.41) is 2.96. The van der Waals surface area contributed by atoms with E-state index in [4.69, 9.17) is 9.47 Å². The Morgan fingerprint density at radius 2 is 1.96 bits per heavy atom. The van der Waals surface area contributed by atoms with E-state index in [-0.39, 0.29) is 5.91 Å². The number of likely N-dealkylation sites (N-methyl/N-ethyl adjacent to an activating group) is 1. The predicted octanol–water partition coefficient (Wildman–Crippen LogP) is 3.71. The van der Waals surface area contributed by atoms with Gasteiger partial charge in [0.05, 0.1) is 0 Å². The minimum absolute atomic E-state index is 0.0687. The lowest BCUT2D eigenvalue weighted by atomic mass is 10.1. The molecule has 0 atom stereocenters. The standard InChI is InChI=1S/C22H27IN2O3/c1-25(20-9-12-27-13-10-20)11-14-28-21-4-2-3-17(15-21)16-24-22(26)18-5-7-19(23)8-6-18/h2-8,15,20H,9-14,16H2,1H3,(H,24,26). The number of benzene rings is 2. The number of carbonyl (C=O) groups is 1. The van der Waals surface area contributed by atoms with Crippen molar-refractivity contribution in [1.29, 1.82) is 0 Å². The van der Waals surface area contributed by atoms with Gasteiger partial charge >= 0.3 is 0 Å². The summed E-state index contributed by atoms with van der Waals surface area (Å²) in [4.78, 5) is 14.6. The van der Waals surface area contributed by atoms with Gasteiger partial charge in [-0.3, -0.25) is 9.69 Å². The zero-order valence-electron chi connectivity index (χ0n) is 16.2. The third-order valence-corrected chi connectivity index (χ3v) is 5.70. The number of amides is 1. The Hall–Kier alpha value is -1.64. The van der Waals surface area contributed by atoms with Gasteiger partial charge in [0.2, 0.25) is 0 Å². The molecule has 150 valence electrons. The van der Waals surface area contributed by atoms with E-state index in [2.05, 4.69) is 39.9 Å². The number of rotatable bonds is 8. The highest BCUT2D eigenvalue weighted by Crippen LogP contribution is 2.15. The molecule has 1 N–H and O–H groups in total. The summed E-state index contributed by atoms with van der Waals surface area (Å²) >= 11 is 2.23. The SMILES string of the molecule is CN(CCOc1cccc(CNC(=O)c2ccc(I)cc2)c1)C1CCOCC1. The normalized spacial score (nSPS) is 14.8. The maximum atomic E-state index is 12.3. The van der Waals surface area contributed by atoms with Crippen LogP contribution in [0, 0.1) is 3.57 Å². The first-order valence-corrected chi connectivity index (χ1v) is 10.7. The van der Waals surface area contributed by atoms with Gasteiger partial charge < -0.3 is 14.8 Å². The van der Waals surface area contributed by atoms with Crippen molar-refractivity contribution < 1.29 is 14.3 Å².